The summed E-state index contributed by atoms with van der Waals surface area (Å²) >= 11 is 5.99. The second-order valence-electron chi connectivity index (χ2n) is 5.76. The first kappa shape index (κ1) is 15.9. The Labute approximate surface area is 119 Å². The van der Waals surface area contributed by atoms with Crippen molar-refractivity contribution in [3.05, 3.63) is 28.5 Å². The van der Waals surface area contributed by atoms with Crippen LogP contribution in [0.1, 0.15) is 43.7 Å². The Morgan fingerprint density at radius 3 is 2.53 bits per heavy atom. The molecule has 19 heavy (non-hydrogen) atoms. The molecule has 0 saturated heterocycles. The smallest absolute Gasteiger partial charge is 0.254 e. The van der Waals surface area contributed by atoms with Gasteiger partial charge in [0.15, 0.2) is 0 Å². The highest BCUT2D eigenvalue weighted by atomic mass is 35.5. The second kappa shape index (κ2) is 5.88. The van der Waals surface area contributed by atoms with Gasteiger partial charge in [-0.05, 0) is 19.1 Å². The molecule has 0 aliphatic carbocycles. The molecule has 0 radical (unpaired) electrons. The van der Waals surface area contributed by atoms with Gasteiger partial charge in [-0.3, -0.25) is 4.79 Å². The monoisotopic (exact) mass is 284 g/mol. The zero-order valence-corrected chi connectivity index (χ0v) is 12.8. The van der Waals surface area contributed by atoms with E-state index in [1.165, 1.54) is 4.90 Å². The minimum atomic E-state index is -0.238. The average molecular weight is 285 g/mol. The molecule has 0 spiro atoms. The van der Waals surface area contributed by atoms with Crippen LogP contribution in [-0.4, -0.2) is 40.6 Å². The molecule has 4 nitrogen and oxygen atoms in total. The molecule has 0 bridgehead atoms. The maximum Gasteiger partial charge on any atom is 0.254 e. The van der Waals surface area contributed by atoms with Crippen molar-refractivity contribution in [3.8, 4) is 0 Å². The van der Waals surface area contributed by atoms with Crippen LogP contribution in [0.25, 0.3) is 0 Å². The first-order valence-electron chi connectivity index (χ1n) is 6.23. The molecule has 0 aromatic carbocycles. The quantitative estimate of drug-likeness (QED) is 0.868. The summed E-state index contributed by atoms with van der Waals surface area (Å²) < 4.78 is 0. The molecular formula is C14H21ClN2O2. The molecule has 1 heterocycles. The van der Waals surface area contributed by atoms with Crippen LogP contribution in [0.5, 0.6) is 0 Å². The van der Waals surface area contributed by atoms with Crippen molar-refractivity contribution < 1.29 is 9.90 Å². The van der Waals surface area contributed by atoms with Crippen LogP contribution in [0.3, 0.4) is 0 Å². The van der Waals surface area contributed by atoms with Gasteiger partial charge in [0.05, 0.1) is 12.6 Å². The number of hydrogen-bond acceptors (Lipinski definition) is 3. The number of aliphatic hydroxyl groups is 1. The van der Waals surface area contributed by atoms with Gasteiger partial charge in [0.2, 0.25) is 0 Å². The molecule has 1 rings (SSSR count). The predicted octanol–water partition coefficient (Wildman–Crippen LogP) is 2.49. The highest BCUT2D eigenvalue weighted by Gasteiger charge is 2.22. The fraction of sp³-hybridized carbons (Fsp3) is 0.571. The minimum absolute atomic E-state index is 0.0762. The van der Waals surface area contributed by atoms with Gasteiger partial charge in [0, 0.05) is 23.7 Å². The van der Waals surface area contributed by atoms with Crippen LogP contribution in [0, 0.1) is 0 Å². The Morgan fingerprint density at radius 1 is 1.47 bits per heavy atom. The first-order chi connectivity index (χ1) is 8.66. The third-order valence-corrected chi connectivity index (χ3v) is 3.25. The van der Waals surface area contributed by atoms with Crippen LogP contribution in [0.2, 0.25) is 5.15 Å². The molecule has 1 unspecified atom stereocenters. The van der Waals surface area contributed by atoms with Gasteiger partial charge in [-0.25, -0.2) is 4.98 Å². The topological polar surface area (TPSA) is 53.4 Å². The van der Waals surface area contributed by atoms with E-state index >= 15 is 0 Å². The van der Waals surface area contributed by atoms with E-state index in [1.807, 2.05) is 20.8 Å². The summed E-state index contributed by atoms with van der Waals surface area (Å²) in [6.07, 6.45) is 0. The van der Waals surface area contributed by atoms with Crippen molar-refractivity contribution >= 4 is 17.5 Å². The van der Waals surface area contributed by atoms with Gasteiger partial charge in [0.1, 0.15) is 5.15 Å². The highest BCUT2D eigenvalue weighted by Crippen LogP contribution is 2.24. The van der Waals surface area contributed by atoms with Crippen molar-refractivity contribution in [2.24, 2.45) is 0 Å². The fourth-order valence-corrected chi connectivity index (χ4v) is 1.74. The van der Waals surface area contributed by atoms with Crippen LogP contribution < -0.4 is 0 Å². The summed E-state index contributed by atoms with van der Waals surface area (Å²) in [5.41, 5.74) is 1.09. The van der Waals surface area contributed by atoms with Crippen molar-refractivity contribution in [2.75, 3.05) is 13.7 Å². The number of carbonyl (C=O) groups excluding carboxylic acids is 1. The summed E-state index contributed by atoms with van der Waals surface area (Å²) in [5.74, 6) is -0.170. The van der Waals surface area contributed by atoms with Crippen molar-refractivity contribution in [1.29, 1.82) is 0 Å². The number of amides is 1. The Balaban J connectivity index is 3.14. The lowest BCUT2D eigenvalue weighted by Crippen LogP contribution is -2.37. The Kier molecular flexibility index (Phi) is 4.93. The standard InChI is InChI=1S/C14H21ClN2O2/c1-9(8-18)17(5)13(19)10-6-11(14(2,3)4)16-12(15)7-10/h6-7,9,18H,8H2,1-5H3. The Hall–Kier alpha value is -1.13. The van der Waals surface area contributed by atoms with Crippen molar-refractivity contribution in [2.45, 2.75) is 39.2 Å². The molecule has 1 amide bonds. The molecule has 106 valence electrons. The van der Waals surface area contributed by atoms with Gasteiger partial charge in [-0.1, -0.05) is 32.4 Å². The van der Waals surface area contributed by atoms with Gasteiger partial charge in [0.25, 0.3) is 5.91 Å². The number of hydrogen-bond donors (Lipinski definition) is 1. The van der Waals surface area contributed by atoms with Crippen LogP contribution in [-0.2, 0) is 5.41 Å². The molecule has 0 aliphatic rings. The number of halogens is 1. The molecule has 5 heteroatoms. The highest BCUT2D eigenvalue weighted by molar-refractivity contribution is 6.29. The summed E-state index contributed by atoms with van der Waals surface area (Å²) in [7, 11) is 1.66. The van der Waals surface area contributed by atoms with E-state index in [9.17, 15) is 4.79 Å². The second-order valence-corrected chi connectivity index (χ2v) is 6.15. The lowest BCUT2D eigenvalue weighted by Gasteiger charge is -2.24. The third kappa shape index (κ3) is 3.91. The summed E-state index contributed by atoms with van der Waals surface area (Å²) in [6.45, 7) is 7.75. The number of rotatable bonds is 3. The van der Waals surface area contributed by atoms with E-state index in [0.717, 1.165) is 5.69 Å². The molecule has 1 aromatic rings. The van der Waals surface area contributed by atoms with Crippen LogP contribution in [0.15, 0.2) is 12.1 Å². The molecule has 0 fully saturated rings. The van der Waals surface area contributed by atoms with Gasteiger partial charge in [-0.15, -0.1) is 0 Å². The molecular weight excluding hydrogens is 264 g/mol. The van der Waals surface area contributed by atoms with Gasteiger partial charge in [-0.2, -0.15) is 0 Å². The van der Waals surface area contributed by atoms with E-state index in [4.69, 9.17) is 16.7 Å². The fourth-order valence-electron chi connectivity index (χ4n) is 1.53. The van der Waals surface area contributed by atoms with Crippen LogP contribution in [0.4, 0.5) is 0 Å². The zero-order valence-electron chi connectivity index (χ0n) is 12.1. The Morgan fingerprint density at radius 2 is 2.05 bits per heavy atom. The van der Waals surface area contributed by atoms with E-state index in [-0.39, 0.29) is 24.0 Å². The van der Waals surface area contributed by atoms with Crippen molar-refractivity contribution in [1.82, 2.24) is 9.88 Å². The number of pyridine rings is 1. The molecule has 0 aliphatic heterocycles. The SMILES string of the molecule is CC(CO)N(C)C(=O)c1cc(Cl)nc(C(C)(C)C)c1. The minimum Gasteiger partial charge on any atom is -0.394 e. The lowest BCUT2D eigenvalue weighted by molar-refractivity contribution is 0.0682. The summed E-state index contributed by atoms with van der Waals surface area (Å²) in [4.78, 5) is 18.1. The molecule has 0 saturated carbocycles. The first-order valence-corrected chi connectivity index (χ1v) is 6.60. The van der Waals surface area contributed by atoms with E-state index in [2.05, 4.69) is 4.98 Å². The molecule has 1 aromatic heterocycles. The number of aliphatic hydroxyl groups excluding tert-OH is 1. The summed E-state index contributed by atoms with van der Waals surface area (Å²) in [6, 6.07) is 3.08. The largest absolute Gasteiger partial charge is 0.394 e. The molecule has 1 N–H and O–H groups in total. The zero-order chi connectivity index (χ0) is 14.8. The average Bonchev–Trinajstić information content (AvgIpc) is 2.34. The predicted molar refractivity (Wildman–Crippen MR) is 76.6 cm³/mol. The van der Waals surface area contributed by atoms with Crippen LogP contribution >= 0.6 is 11.6 Å². The van der Waals surface area contributed by atoms with E-state index in [0.29, 0.717) is 10.7 Å². The number of aromatic nitrogens is 1. The van der Waals surface area contributed by atoms with E-state index < -0.39 is 0 Å². The maximum atomic E-state index is 12.3. The normalized spacial score (nSPS) is 13.2. The van der Waals surface area contributed by atoms with Crippen molar-refractivity contribution in [3.63, 3.8) is 0 Å². The number of nitrogens with zero attached hydrogens (tertiary/aromatic N) is 2. The number of carbonyl (C=O) groups is 1. The Bertz CT molecular complexity index is 469. The lowest BCUT2D eigenvalue weighted by atomic mass is 9.90. The van der Waals surface area contributed by atoms with Gasteiger partial charge >= 0.3 is 0 Å². The third-order valence-electron chi connectivity index (χ3n) is 3.06. The maximum absolute atomic E-state index is 12.3. The summed E-state index contributed by atoms with van der Waals surface area (Å²) in [5, 5.41) is 9.41. The molecule has 1 atom stereocenters. The van der Waals surface area contributed by atoms with Gasteiger partial charge < -0.3 is 10.0 Å². The van der Waals surface area contributed by atoms with E-state index in [1.54, 1.807) is 26.1 Å². The number of likely N-dealkylation sites (N-methyl/N-ethyl adjacent to an activating group) is 1.